The fourth-order valence-corrected chi connectivity index (χ4v) is 7.14. The molecule has 4 saturated carbocycles. The van der Waals surface area contributed by atoms with Crippen LogP contribution in [-0.2, 0) is 5.54 Å². The van der Waals surface area contributed by atoms with Crippen LogP contribution in [0.2, 0.25) is 0 Å². The highest BCUT2D eigenvalue weighted by molar-refractivity contribution is 8.45. The van der Waals surface area contributed by atoms with Gasteiger partial charge in [0.05, 0.1) is 17.3 Å². The monoisotopic (exact) mass is 544 g/mol. The molecule has 0 radical (unpaired) electrons. The Morgan fingerprint density at radius 2 is 1.73 bits per heavy atom. The van der Waals surface area contributed by atoms with E-state index < -0.39 is 27.1 Å². The van der Waals surface area contributed by atoms with Gasteiger partial charge in [0.15, 0.2) is 0 Å². The summed E-state index contributed by atoms with van der Waals surface area (Å²) in [5.74, 6) is 0.867. The van der Waals surface area contributed by atoms with Crippen molar-refractivity contribution < 1.29 is 24.2 Å². The van der Waals surface area contributed by atoms with Crippen LogP contribution in [0.5, 0.6) is 0 Å². The molecule has 5 fully saturated rings. The van der Waals surface area contributed by atoms with Crippen LogP contribution < -0.4 is 16.2 Å². The van der Waals surface area contributed by atoms with Crippen LogP contribution in [0.4, 0.5) is 25.1 Å². The SMILES string of the molecule is C[C@@H](NC(=O)c1cn(C23CC(C2)C3)c(=O)cc1NC1[C@H]2CN(C)C[C@@H]12)c1cccc(S(F)(F)(F)(F)F)c1. The van der Waals surface area contributed by atoms with Crippen LogP contribution in [0.25, 0.3) is 0 Å². The second-order valence-electron chi connectivity index (χ2n) is 11.5. The van der Waals surface area contributed by atoms with Gasteiger partial charge in [0.25, 0.3) is 11.5 Å². The molecule has 4 atom stereocenters. The fourth-order valence-electron chi connectivity index (χ4n) is 6.44. The van der Waals surface area contributed by atoms with Gasteiger partial charge < -0.3 is 20.1 Å². The molecule has 1 amide bonds. The second-order valence-corrected chi connectivity index (χ2v) is 13.9. The molecule has 2 bridgehead atoms. The van der Waals surface area contributed by atoms with E-state index in [9.17, 15) is 29.0 Å². The molecule has 1 saturated heterocycles. The summed E-state index contributed by atoms with van der Waals surface area (Å²) in [6, 6.07) is 3.49. The molecule has 2 aromatic rings. The molecular formula is C25H29F5N4O2S. The van der Waals surface area contributed by atoms with Gasteiger partial charge in [0.2, 0.25) is 0 Å². The molecule has 1 aromatic carbocycles. The van der Waals surface area contributed by atoms with Crippen molar-refractivity contribution in [2.45, 2.75) is 48.7 Å². The summed E-state index contributed by atoms with van der Waals surface area (Å²) in [5.41, 5.74) is 0.0480. The predicted octanol–water partition coefficient (Wildman–Crippen LogP) is 5.48. The number of halogens is 5. The lowest BCUT2D eigenvalue weighted by atomic mass is 9.49. The summed E-state index contributed by atoms with van der Waals surface area (Å²) >= 11 is 0. The summed E-state index contributed by atoms with van der Waals surface area (Å²) in [6.45, 7) is 3.28. The number of piperidine rings is 1. The largest absolute Gasteiger partial charge is 0.381 e. The lowest BCUT2D eigenvalue weighted by Gasteiger charge is -2.62. The molecule has 2 N–H and O–H groups in total. The molecule has 0 spiro atoms. The minimum atomic E-state index is -9.86. The number of hydrogen-bond donors (Lipinski definition) is 2. The van der Waals surface area contributed by atoms with Crippen LogP contribution in [0.1, 0.15) is 48.1 Å². The summed E-state index contributed by atoms with van der Waals surface area (Å²) in [4.78, 5) is 26.7. The quantitative estimate of drug-likeness (QED) is 0.454. The Labute approximate surface area is 210 Å². The highest BCUT2D eigenvalue weighted by atomic mass is 32.5. The molecular weight excluding hydrogens is 515 g/mol. The lowest BCUT2D eigenvalue weighted by molar-refractivity contribution is -0.0914. The van der Waals surface area contributed by atoms with Gasteiger partial charge in [-0.05, 0) is 68.7 Å². The maximum Gasteiger partial charge on any atom is 0.310 e. The summed E-state index contributed by atoms with van der Waals surface area (Å²) in [5, 5.41) is 6.02. The molecule has 1 aromatic heterocycles. The zero-order valence-corrected chi connectivity index (χ0v) is 21.2. The van der Waals surface area contributed by atoms with E-state index in [1.54, 1.807) is 10.8 Å². The van der Waals surface area contributed by atoms with Gasteiger partial charge in [0.1, 0.15) is 4.90 Å². The van der Waals surface area contributed by atoms with Crippen molar-refractivity contribution in [3.8, 4) is 0 Å². The molecule has 1 unspecified atom stereocenters. The van der Waals surface area contributed by atoms with Crippen molar-refractivity contribution >= 4 is 21.8 Å². The number of carbonyl (C=O) groups is 1. The standard InChI is InChI=1S/C25H29F5N4O2S/c1-14(16-4-3-5-17(6-16)37(26,27,28,29)30)31-24(36)20-13-34(25-8-15(9-25)10-25)22(35)7-21(20)32-23-18-11-33(2)12-19(18)23/h3-7,13-15,18-19,23,32H,8-12H2,1-2H3,(H,31,36)/t14-,15?,18-,19+,23?,25?/m1/s1. The van der Waals surface area contributed by atoms with Crippen molar-refractivity contribution in [1.82, 2.24) is 14.8 Å². The number of pyridine rings is 1. The van der Waals surface area contributed by atoms with Crippen LogP contribution in [0.3, 0.4) is 0 Å². The van der Waals surface area contributed by atoms with Crippen molar-refractivity contribution in [3.05, 3.63) is 58.0 Å². The molecule has 12 heteroatoms. The number of rotatable bonds is 7. The van der Waals surface area contributed by atoms with E-state index in [1.807, 2.05) is 7.05 Å². The number of aromatic nitrogens is 1. The highest BCUT2D eigenvalue weighted by Crippen LogP contribution is 3.02. The Bertz CT molecular complexity index is 1350. The minimum absolute atomic E-state index is 0.0962. The number of carbonyl (C=O) groups excluding carboxylic acids is 1. The van der Waals surface area contributed by atoms with Gasteiger partial charge in [-0.2, -0.15) is 0 Å². The Hall–Kier alpha value is -2.60. The normalized spacial score (nSPS) is 32.7. The van der Waals surface area contributed by atoms with E-state index in [-0.39, 0.29) is 28.3 Å². The Morgan fingerprint density at radius 1 is 1.08 bits per heavy atom. The smallest absolute Gasteiger partial charge is 0.310 e. The van der Waals surface area contributed by atoms with E-state index in [2.05, 4.69) is 15.5 Å². The zero-order valence-electron chi connectivity index (χ0n) is 20.4. The Kier molecular flexibility index (Phi) is 4.73. The molecule has 6 nitrogen and oxygen atoms in total. The summed E-state index contributed by atoms with van der Waals surface area (Å²) in [7, 11) is -7.82. The van der Waals surface area contributed by atoms with Crippen LogP contribution in [0, 0.1) is 17.8 Å². The highest BCUT2D eigenvalue weighted by Gasteiger charge is 2.65. The number of amides is 1. The van der Waals surface area contributed by atoms with Gasteiger partial charge in [-0.1, -0.05) is 31.6 Å². The number of nitrogens with zero attached hydrogens (tertiary/aromatic N) is 2. The number of fused-ring (bicyclic) bond motifs is 1. The van der Waals surface area contributed by atoms with Crippen molar-refractivity contribution in [1.29, 1.82) is 0 Å². The first-order valence-electron chi connectivity index (χ1n) is 12.4. The second kappa shape index (κ2) is 7.07. The molecule has 7 rings (SSSR count). The van der Waals surface area contributed by atoms with Gasteiger partial charge in [-0.15, -0.1) is 0 Å². The number of benzene rings is 1. The third-order valence-corrected chi connectivity index (χ3v) is 9.81. The molecule has 37 heavy (non-hydrogen) atoms. The zero-order chi connectivity index (χ0) is 26.6. The number of likely N-dealkylation sites (tertiary alicyclic amines) is 1. The van der Waals surface area contributed by atoms with Gasteiger partial charge in [-0.3, -0.25) is 9.59 Å². The summed E-state index contributed by atoms with van der Waals surface area (Å²) < 4.78 is 68.2. The van der Waals surface area contributed by atoms with Crippen LogP contribution in [-0.4, -0.2) is 41.6 Å². The Balaban J connectivity index is 1.28. The molecule has 1 aliphatic heterocycles. The fraction of sp³-hybridized carbons (Fsp3) is 0.520. The van der Waals surface area contributed by atoms with Crippen LogP contribution in [0.15, 0.2) is 46.2 Å². The Morgan fingerprint density at radius 3 is 2.30 bits per heavy atom. The van der Waals surface area contributed by atoms with Gasteiger partial charge in [0, 0.05) is 36.9 Å². The number of hydrogen-bond acceptors (Lipinski definition) is 4. The summed E-state index contributed by atoms with van der Waals surface area (Å²) in [6.07, 6.45) is 4.21. The molecule has 202 valence electrons. The maximum absolute atomic E-state index is 13.4. The third-order valence-electron chi connectivity index (χ3n) is 8.67. The van der Waals surface area contributed by atoms with Gasteiger partial charge >= 0.3 is 10.2 Å². The predicted molar refractivity (Wildman–Crippen MR) is 132 cm³/mol. The van der Waals surface area contributed by atoms with Gasteiger partial charge in [-0.25, -0.2) is 0 Å². The molecule has 2 heterocycles. The van der Waals surface area contributed by atoms with E-state index in [0.717, 1.165) is 38.4 Å². The first kappa shape index (κ1) is 24.7. The van der Waals surface area contributed by atoms with Crippen LogP contribution >= 0.6 is 10.2 Å². The average Bonchev–Trinajstić information content (AvgIpc) is 3.16. The third kappa shape index (κ3) is 4.21. The van der Waals surface area contributed by atoms with E-state index in [0.29, 0.717) is 35.6 Å². The molecule has 4 aliphatic carbocycles. The minimum Gasteiger partial charge on any atom is -0.381 e. The average molecular weight is 545 g/mol. The number of anilines is 1. The maximum atomic E-state index is 13.4. The lowest BCUT2D eigenvalue weighted by Crippen LogP contribution is -2.62. The van der Waals surface area contributed by atoms with Crippen molar-refractivity contribution in [2.75, 3.05) is 25.5 Å². The molecule has 5 aliphatic rings. The van der Waals surface area contributed by atoms with E-state index in [1.165, 1.54) is 19.1 Å². The first-order chi connectivity index (χ1) is 17.0. The first-order valence-corrected chi connectivity index (χ1v) is 14.4. The van der Waals surface area contributed by atoms with E-state index in [4.69, 9.17) is 0 Å². The topological polar surface area (TPSA) is 66.4 Å². The van der Waals surface area contributed by atoms with Crippen molar-refractivity contribution in [3.63, 3.8) is 0 Å². The van der Waals surface area contributed by atoms with Crippen molar-refractivity contribution in [2.24, 2.45) is 17.8 Å². The van der Waals surface area contributed by atoms with E-state index >= 15 is 0 Å². The number of nitrogens with one attached hydrogen (secondary N) is 2.